The summed E-state index contributed by atoms with van der Waals surface area (Å²) >= 11 is 0. The molecule has 0 amide bonds. The van der Waals surface area contributed by atoms with Crippen molar-refractivity contribution < 1.29 is 8.42 Å². The Morgan fingerprint density at radius 2 is 2.00 bits per heavy atom. The summed E-state index contributed by atoms with van der Waals surface area (Å²) in [6, 6.07) is 0.139. The minimum Gasteiger partial charge on any atom is -0.212 e. The Bertz CT molecular complexity index is 233. The van der Waals surface area contributed by atoms with Gasteiger partial charge in [0.1, 0.15) is 0 Å². The van der Waals surface area contributed by atoms with Gasteiger partial charge in [0.15, 0.2) is 0 Å². The molecule has 0 bridgehead atoms. The van der Waals surface area contributed by atoms with Crippen molar-refractivity contribution in [1.82, 2.24) is 4.72 Å². The zero-order valence-electron chi connectivity index (χ0n) is 7.16. The first-order valence-corrected chi connectivity index (χ1v) is 5.57. The molecule has 66 valence electrons. The molecule has 1 rings (SSSR count). The van der Waals surface area contributed by atoms with Crippen LogP contribution in [0.4, 0.5) is 0 Å². The highest BCUT2D eigenvalue weighted by Gasteiger charge is 2.35. The third-order valence-corrected chi connectivity index (χ3v) is 3.73. The van der Waals surface area contributed by atoms with Crippen LogP contribution in [0.25, 0.3) is 0 Å². The van der Waals surface area contributed by atoms with Crippen LogP contribution in [-0.2, 0) is 10.0 Å². The predicted octanol–water partition coefficient (Wildman–Crippen LogP) is 0.580. The maximum absolute atomic E-state index is 11.0. The molecule has 4 heteroatoms. The highest BCUT2D eigenvalue weighted by Crippen LogP contribution is 2.21. The Hall–Kier alpha value is -0.0900. The van der Waals surface area contributed by atoms with E-state index in [9.17, 15) is 8.42 Å². The molecule has 1 aliphatic rings. The van der Waals surface area contributed by atoms with Crippen LogP contribution in [0, 0.1) is 11.8 Å². The molecule has 1 aliphatic heterocycles. The molecule has 0 aromatic carbocycles. The lowest BCUT2D eigenvalue weighted by molar-refractivity contribution is 0.387. The van der Waals surface area contributed by atoms with Gasteiger partial charge in [-0.05, 0) is 11.8 Å². The van der Waals surface area contributed by atoms with Crippen LogP contribution >= 0.6 is 0 Å². The molecule has 0 aromatic heterocycles. The van der Waals surface area contributed by atoms with Crippen LogP contribution in [0.1, 0.15) is 20.8 Å². The van der Waals surface area contributed by atoms with Gasteiger partial charge in [-0.1, -0.05) is 20.8 Å². The fourth-order valence-corrected chi connectivity index (χ4v) is 3.53. The summed E-state index contributed by atoms with van der Waals surface area (Å²) in [6.07, 6.45) is 0. The topological polar surface area (TPSA) is 46.2 Å². The average molecular weight is 177 g/mol. The number of hydrogen-bond donors (Lipinski definition) is 1. The second-order valence-corrected chi connectivity index (χ2v) is 5.44. The van der Waals surface area contributed by atoms with Gasteiger partial charge in [0.05, 0.1) is 5.75 Å². The maximum Gasteiger partial charge on any atom is 0.212 e. The Labute approximate surface area is 68.2 Å². The second-order valence-electron chi connectivity index (χ2n) is 3.65. The summed E-state index contributed by atoms with van der Waals surface area (Å²) in [4.78, 5) is 0. The normalized spacial score (nSPS) is 36.4. The van der Waals surface area contributed by atoms with Gasteiger partial charge in [-0.15, -0.1) is 0 Å². The Morgan fingerprint density at radius 1 is 1.45 bits per heavy atom. The first-order chi connectivity index (χ1) is 4.92. The molecule has 2 atom stereocenters. The van der Waals surface area contributed by atoms with E-state index in [-0.39, 0.29) is 17.7 Å². The van der Waals surface area contributed by atoms with Crippen molar-refractivity contribution in [3.05, 3.63) is 0 Å². The number of nitrogens with one attached hydrogen (secondary N) is 1. The largest absolute Gasteiger partial charge is 0.212 e. The molecule has 0 spiro atoms. The van der Waals surface area contributed by atoms with Gasteiger partial charge >= 0.3 is 0 Å². The van der Waals surface area contributed by atoms with E-state index in [1.807, 2.05) is 20.8 Å². The van der Waals surface area contributed by atoms with Crippen LogP contribution < -0.4 is 4.72 Å². The van der Waals surface area contributed by atoms with Crippen molar-refractivity contribution in [2.45, 2.75) is 26.8 Å². The molecule has 1 fully saturated rings. The second kappa shape index (κ2) is 2.75. The van der Waals surface area contributed by atoms with E-state index < -0.39 is 10.0 Å². The summed E-state index contributed by atoms with van der Waals surface area (Å²) in [5, 5.41) is 0. The van der Waals surface area contributed by atoms with Gasteiger partial charge in [0.2, 0.25) is 10.0 Å². The molecule has 3 nitrogen and oxygen atoms in total. The molecule has 0 aromatic rings. The lowest BCUT2D eigenvalue weighted by atomic mass is 9.95. The summed E-state index contributed by atoms with van der Waals surface area (Å²) in [5.41, 5.74) is 0. The van der Waals surface area contributed by atoms with E-state index in [1.165, 1.54) is 0 Å². The van der Waals surface area contributed by atoms with Crippen LogP contribution in [0.5, 0.6) is 0 Å². The summed E-state index contributed by atoms with van der Waals surface area (Å²) < 4.78 is 24.7. The SMILES string of the molecule is CC(C)[C@H]1NS(=O)(=O)C[C@H]1C. The zero-order chi connectivity index (χ0) is 8.65. The van der Waals surface area contributed by atoms with Gasteiger partial charge in [0.25, 0.3) is 0 Å². The van der Waals surface area contributed by atoms with Crippen molar-refractivity contribution >= 4 is 10.0 Å². The quantitative estimate of drug-likeness (QED) is 0.637. The Kier molecular flexibility index (Phi) is 2.25. The highest BCUT2D eigenvalue weighted by atomic mass is 32.2. The molecular formula is C7H15NO2S. The van der Waals surface area contributed by atoms with Gasteiger partial charge < -0.3 is 0 Å². The van der Waals surface area contributed by atoms with E-state index in [2.05, 4.69) is 4.72 Å². The van der Waals surface area contributed by atoms with Gasteiger partial charge in [-0.3, -0.25) is 0 Å². The Balaban J connectivity index is 2.75. The van der Waals surface area contributed by atoms with Crippen LogP contribution in [0.15, 0.2) is 0 Å². The molecule has 11 heavy (non-hydrogen) atoms. The predicted molar refractivity (Wildman–Crippen MR) is 44.7 cm³/mol. The molecule has 1 N–H and O–H groups in total. The minimum absolute atomic E-state index is 0.139. The highest BCUT2D eigenvalue weighted by molar-refractivity contribution is 7.89. The number of rotatable bonds is 1. The molecule has 0 radical (unpaired) electrons. The van der Waals surface area contributed by atoms with Gasteiger partial charge in [-0.25, -0.2) is 13.1 Å². The van der Waals surface area contributed by atoms with Crippen LogP contribution in [0.2, 0.25) is 0 Å². The lowest BCUT2D eigenvalue weighted by Gasteiger charge is -2.17. The van der Waals surface area contributed by atoms with Crippen molar-refractivity contribution in [2.75, 3.05) is 5.75 Å². The van der Waals surface area contributed by atoms with Crippen LogP contribution in [-0.4, -0.2) is 20.2 Å². The fourth-order valence-electron chi connectivity index (χ4n) is 1.61. The number of sulfonamides is 1. The van der Waals surface area contributed by atoms with Crippen LogP contribution in [0.3, 0.4) is 0 Å². The van der Waals surface area contributed by atoms with Gasteiger partial charge in [-0.2, -0.15) is 0 Å². The van der Waals surface area contributed by atoms with Crippen molar-refractivity contribution in [3.8, 4) is 0 Å². The van der Waals surface area contributed by atoms with Crippen molar-refractivity contribution in [3.63, 3.8) is 0 Å². The molecule has 0 aliphatic carbocycles. The standard InChI is InChI=1S/C7H15NO2S/c1-5(2)7-6(3)4-11(9,10)8-7/h5-8H,4H2,1-3H3/t6-,7-/m1/s1. The first-order valence-electron chi connectivity index (χ1n) is 3.92. The smallest absolute Gasteiger partial charge is 0.212 e. The fraction of sp³-hybridized carbons (Fsp3) is 1.00. The van der Waals surface area contributed by atoms with E-state index in [0.717, 1.165) is 0 Å². The summed E-state index contributed by atoms with van der Waals surface area (Å²) in [7, 11) is -2.94. The van der Waals surface area contributed by atoms with E-state index in [4.69, 9.17) is 0 Å². The third-order valence-electron chi connectivity index (χ3n) is 2.13. The summed E-state index contributed by atoms with van der Waals surface area (Å²) in [6.45, 7) is 6.05. The molecule has 0 unspecified atom stereocenters. The third kappa shape index (κ3) is 1.93. The summed E-state index contributed by atoms with van der Waals surface area (Å²) in [5.74, 6) is 0.929. The first kappa shape index (κ1) is 9.00. The molecule has 0 saturated carbocycles. The lowest BCUT2D eigenvalue weighted by Crippen LogP contribution is -2.32. The maximum atomic E-state index is 11.0. The minimum atomic E-state index is -2.94. The molecular weight excluding hydrogens is 162 g/mol. The number of hydrogen-bond acceptors (Lipinski definition) is 2. The van der Waals surface area contributed by atoms with Crippen molar-refractivity contribution in [2.24, 2.45) is 11.8 Å². The average Bonchev–Trinajstić information content (AvgIpc) is 2.05. The zero-order valence-corrected chi connectivity index (χ0v) is 7.98. The van der Waals surface area contributed by atoms with Gasteiger partial charge in [0, 0.05) is 6.04 Å². The molecule has 1 saturated heterocycles. The van der Waals surface area contributed by atoms with E-state index in [1.54, 1.807) is 0 Å². The monoisotopic (exact) mass is 177 g/mol. The van der Waals surface area contributed by atoms with Crippen molar-refractivity contribution in [1.29, 1.82) is 0 Å². The van der Waals surface area contributed by atoms with E-state index in [0.29, 0.717) is 5.92 Å². The Morgan fingerprint density at radius 3 is 2.18 bits per heavy atom. The van der Waals surface area contributed by atoms with E-state index >= 15 is 0 Å². The molecule has 1 heterocycles.